The number of amides is 1. The van der Waals surface area contributed by atoms with Crippen LogP contribution >= 0.6 is 0 Å². The van der Waals surface area contributed by atoms with Crippen LogP contribution in [-0.4, -0.2) is 31.8 Å². The highest BCUT2D eigenvalue weighted by atomic mass is 16.3. The summed E-state index contributed by atoms with van der Waals surface area (Å²) < 4.78 is 1.62. The number of aliphatic hydroxyl groups excluding tert-OH is 1. The number of nitrogens with zero attached hydrogens (tertiary/aromatic N) is 4. The molecule has 4 aromatic rings. The van der Waals surface area contributed by atoms with Gasteiger partial charge in [0.1, 0.15) is 12.0 Å². The van der Waals surface area contributed by atoms with Gasteiger partial charge in [0.05, 0.1) is 5.69 Å². The van der Waals surface area contributed by atoms with Gasteiger partial charge in [-0.1, -0.05) is 55.0 Å². The highest BCUT2D eigenvalue weighted by Crippen LogP contribution is 2.37. The van der Waals surface area contributed by atoms with E-state index in [1.165, 1.54) is 36.6 Å². The summed E-state index contributed by atoms with van der Waals surface area (Å²) in [7, 11) is 0. The van der Waals surface area contributed by atoms with Gasteiger partial charge in [0, 0.05) is 30.1 Å². The Morgan fingerprint density at radius 2 is 1.75 bits per heavy atom. The topological polar surface area (TPSA) is 91.9 Å². The molecule has 7 nitrogen and oxygen atoms in total. The first-order chi connectivity index (χ1) is 17.5. The number of hydrogen-bond acceptors (Lipinski definition) is 5. The summed E-state index contributed by atoms with van der Waals surface area (Å²) in [5.74, 6) is 0.199. The van der Waals surface area contributed by atoms with Crippen LogP contribution in [0.1, 0.15) is 59.4 Å². The smallest absolute Gasteiger partial charge is 0.231 e. The van der Waals surface area contributed by atoms with E-state index >= 15 is 0 Å². The first kappa shape index (κ1) is 22.6. The van der Waals surface area contributed by atoms with Gasteiger partial charge in [0.25, 0.3) is 0 Å². The van der Waals surface area contributed by atoms with Gasteiger partial charge in [-0.05, 0) is 54.9 Å². The van der Waals surface area contributed by atoms with Crippen LogP contribution in [0.2, 0.25) is 0 Å². The maximum absolute atomic E-state index is 13.0. The van der Waals surface area contributed by atoms with E-state index in [9.17, 15) is 9.90 Å². The average molecular weight is 480 g/mol. The van der Waals surface area contributed by atoms with Gasteiger partial charge >= 0.3 is 0 Å². The van der Waals surface area contributed by atoms with Crippen LogP contribution in [0.15, 0.2) is 59.6 Å². The molecule has 1 aliphatic heterocycles. The standard InChI is InChI=1S/C29H29N5O2/c1-17-14-25-32-18(2)26-27(35)24(16-30-28(26)34(25)33-17)29(36)31-15-19-6-8-21(9-7-19)23-12-10-22(11-13-23)20-4-3-5-20/h6-14,16,20,24,27,35H,3-5,15H2,1-2H3,(H,31,36). The minimum atomic E-state index is -1.04. The van der Waals surface area contributed by atoms with Gasteiger partial charge < -0.3 is 10.4 Å². The second-order valence-corrected chi connectivity index (χ2v) is 9.90. The zero-order valence-corrected chi connectivity index (χ0v) is 20.5. The van der Waals surface area contributed by atoms with Crippen molar-refractivity contribution in [3.63, 3.8) is 0 Å². The SMILES string of the molecule is Cc1cc2nc(C)c3c(n2n1)N=CC(C(=O)NCc1ccc(-c2ccc(C4CCC4)cc2)cc1)C3O. The second-order valence-electron chi connectivity index (χ2n) is 9.90. The van der Waals surface area contributed by atoms with Crippen LogP contribution in [0, 0.1) is 19.8 Å². The van der Waals surface area contributed by atoms with E-state index < -0.39 is 12.0 Å². The molecule has 1 fully saturated rings. The molecule has 1 amide bonds. The fourth-order valence-corrected chi connectivity index (χ4v) is 5.13. The largest absolute Gasteiger partial charge is 0.387 e. The molecule has 2 N–H and O–H groups in total. The normalized spacial score (nSPS) is 19.2. The zero-order chi connectivity index (χ0) is 24.8. The summed E-state index contributed by atoms with van der Waals surface area (Å²) in [5, 5.41) is 18.4. The number of carbonyl (C=O) groups is 1. The summed E-state index contributed by atoms with van der Waals surface area (Å²) >= 11 is 0. The molecule has 2 atom stereocenters. The van der Waals surface area contributed by atoms with Crippen molar-refractivity contribution >= 4 is 23.6 Å². The Kier molecular flexibility index (Phi) is 5.64. The number of aromatic nitrogens is 3. The monoisotopic (exact) mass is 479 g/mol. The maximum atomic E-state index is 13.0. The molecule has 0 saturated heterocycles. The fraction of sp³-hybridized carbons (Fsp3) is 0.310. The summed E-state index contributed by atoms with van der Waals surface area (Å²) in [4.78, 5) is 22.0. The van der Waals surface area contributed by atoms with Crippen molar-refractivity contribution in [2.24, 2.45) is 10.9 Å². The molecule has 2 aromatic carbocycles. The minimum Gasteiger partial charge on any atom is -0.387 e. The van der Waals surface area contributed by atoms with Crippen molar-refractivity contribution in [1.29, 1.82) is 0 Å². The summed E-state index contributed by atoms with van der Waals surface area (Å²) in [6, 6.07) is 19.0. The molecule has 2 aromatic heterocycles. The first-order valence-corrected chi connectivity index (χ1v) is 12.5. The van der Waals surface area contributed by atoms with Crippen LogP contribution in [0.4, 0.5) is 5.82 Å². The Morgan fingerprint density at radius 1 is 1.06 bits per heavy atom. The molecule has 36 heavy (non-hydrogen) atoms. The average Bonchev–Trinajstić information content (AvgIpc) is 3.22. The van der Waals surface area contributed by atoms with E-state index in [4.69, 9.17) is 0 Å². The molecule has 1 saturated carbocycles. The van der Waals surface area contributed by atoms with Crippen LogP contribution in [-0.2, 0) is 11.3 Å². The summed E-state index contributed by atoms with van der Waals surface area (Å²) in [5.41, 5.74) is 7.46. The summed E-state index contributed by atoms with van der Waals surface area (Å²) in [6.45, 7) is 4.08. The number of fused-ring (bicyclic) bond motifs is 3. The van der Waals surface area contributed by atoms with E-state index in [0.717, 1.165) is 22.7 Å². The molecule has 182 valence electrons. The minimum absolute atomic E-state index is 0.274. The third-order valence-corrected chi connectivity index (χ3v) is 7.46. The number of aryl methyl sites for hydroxylation is 2. The van der Waals surface area contributed by atoms with Crippen molar-refractivity contribution in [2.45, 2.75) is 51.7 Å². The van der Waals surface area contributed by atoms with E-state index in [-0.39, 0.29) is 5.91 Å². The Labute approximate surface area is 209 Å². The van der Waals surface area contributed by atoms with Gasteiger partial charge in [0.15, 0.2) is 11.5 Å². The number of nitrogens with one attached hydrogen (secondary N) is 1. The van der Waals surface area contributed by atoms with Gasteiger partial charge in [-0.25, -0.2) is 9.98 Å². The highest BCUT2D eigenvalue weighted by Gasteiger charge is 2.34. The molecule has 0 radical (unpaired) electrons. The van der Waals surface area contributed by atoms with Crippen LogP contribution in [0.25, 0.3) is 16.8 Å². The van der Waals surface area contributed by atoms with Crippen molar-refractivity contribution in [1.82, 2.24) is 19.9 Å². The lowest BCUT2D eigenvalue weighted by atomic mass is 9.80. The predicted molar refractivity (Wildman–Crippen MR) is 139 cm³/mol. The Hall–Kier alpha value is -3.84. The van der Waals surface area contributed by atoms with Crippen molar-refractivity contribution < 1.29 is 9.90 Å². The van der Waals surface area contributed by atoms with Gasteiger partial charge in [-0.3, -0.25) is 4.79 Å². The number of aliphatic imine (C=N–C) groups is 1. The third-order valence-electron chi connectivity index (χ3n) is 7.46. The zero-order valence-electron chi connectivity index (χ0n) is 20.5. The first-order valence-electron chi connectivity index (χ1n) is 12.5. The quantitative estimate of drug-likeness (QED) is 0.423. The van der Waals surface area contributed by atoms with Crippen molar-refractivity contribution in [3.8, 4) is 11.1 Å². The van der Waals surface area contributed by atoms with E-state index in [0.29, 0.717) is 29.3 Å². The summed E-state index contributed by atoms with van der Waals surface area (Å²) in [6.07, 6.45) is 4.43. The molecule has 7 heteroatoms. The lowest BCUT2D eigenvalue weighted by molar-refractivity contribution is -0.125. The predicted octanol–water partition coefficient (Wildman–Crippen LogP) is 4.96. The lowest BCUT2D eigenvalue weighted by Gasteiger charge is -2.25. The molecule has 1 aliphatic carbocycles. The van der Waals surface area contributed by atoms with Crippen molar-refractivity contribution in [2.75, 3.05) is 0 Å². The Morgan fingerprint density at radius 3 is 2.42 bits per heavy atom. The molecular weight excluding hydrogens is 450 g/mol. The molecule has 2 unspecified atom stereocenters. The van der Waals surface area contributed by atoms with Crippen LogP contribution in [0.5, 0.6) is 0 Å². The Balaban J connectivity index is 1.12. The number of aliphatic hydroxyl groups is 1. The second kappa shape index (κ2) is 8.99. The van der Waals surface area contributed by atoms with Crippen LogP contribution in [0.3, 0.4) is 0 Å². The maximum Gasteiger partial charge on any atom is 0.231 e. The van der Waals surface area contributed by atoms with Crippen molar-refractivity contribution in [3.05, 3.63) is 82.7 Å². The van der Waals surface area contributed by atoms with E-state index in [1.807, 2.05) is 32.0 Å². The number of benzene rings is 2. The molecule has 0 spiro atoms. The van der Waals surface area contributed by atoms with Crippen LogP contribution < -0.4 is 5.32 Å². The van der Waals surface area contributed by atoms with Gasteiger partial charge in [-0.2, -0.15) is 9.61 Å². The number of carbonyl (C=O) groups excluding carboxylic acids is 1. The molecule has 3 heterocycles. The molecule has 2 aliphatic rings. The highest BCUT2D eigenvalue weighted by molar-refractivity contribution is 5.96. The van der Waals surface area contributed by atoms with Gasteiger partial charge in [-0.15, -0.1) is 0 Å². The Bertz CT molecular complexity index is 1470. The van der Waals surface area contributed by atoms with E-state index in [2.05, 4.69) is 56.8 Å². The van der Waals surface area contributed by atoms with Gasteiger partial charge in [0.2, 0.25) is 5.91 Å². The van der Waals surface area contributed by atoms with E-state index in [1.54, 1.807) is 4.52 Å². The fourth-order valence-electron chi connectivity index (χ4n) is 5.13. The number of rotatable bonds is 5. The lowest BCUT2D eigenvalue weighted by Crippen LogP contribution is -2.36. The number of hydrogen-bond donors (Lipinski definition) is 2. The molecular formula is C29H29N5O2. The molecule has 6 rings (SSSR count). The molecule has 0 bridgehead atoms. The third kappa shape index (κ3) is 3.99.